The van der Waals surface area contributed by atoms with E-state index in [1.54, 1.807) is 6.92 Å². The van der Waals surface area contributed by atoms with Gasteiger partial charge in [-0.1, -0.05) is 63.9 Å². The van der Waals surface area contributed by atoms with Crippen LogP contribution in [0.4, 0.5) is 5.69 Å². The van der Waals surface area contributed by atoms with Crippen LogP contribution in [0.1, 0.15) is 86.2 Å². The molecular weight excluding hydrogens is 608 g/mol. The molecule has 0 spiro atoms. The highest BCUT2D eigenvalue weighted by Gasteiger charge is 2.26. The summed E-state index contributed by atoms with van der Waals surface area (Å²) >= 11 is 0. The minimum atomic E-state index is -3.69. The predicted molar refractivity (Wildman–Crippen MR) is 181 cm³/mol. The molecule has 254 valence electrons. The summed E-state index contributed by atoms with van der Waals surface area (Å²) in [5.41, 5.74) is 1.30. The number of unbranched alkanes of at least 4 members (excludes halogenated alkanes) is 1. The van der Waals surface area contributed by atoms with Gasteiger partial charge >= 0.3 is 0 Å². The van der Waals surface area contributed by atoms with Crippen molar-refractivity contribution in [3.63, 3.8) is 0 Å². The molecule has 0 fully saturated rings. The lowest BCUT2D eigenvalue weighted by Gasteiger charge is -2.25. The van der Waals surface area contributed by atoms with Gasteiger partial charge in [-0.25, -0.2) is 8.42 Å². The lowest BCUT2D eigenvalue weighted by Crippen LogP contribution is -2.55. The lowest BCUT2D eigenvalue weighted by molar-refractivity contribution is -0.130. The Kier molecular flexibility index (Phi) is 14.7. The Balaban J connectivity index is 2.28. The number of amides is 4. The van der Waals surface area contributed by atoms with Crippen LogP contribution in [0.15, 0.2) is 48.5 Å². The van der Waals surface area contributed by atoms with Crippen molar-refractivity contribution < 1.29 is 27.6 Å². The van der Waals surface area contributed by atoms with Crippen molar-refractivity contribution in [2.45, 2.75) is 78.0 Å². The van der Waals surface area contributed by atoms with E-state index < -0.39 is 33.9 Å². The SMILES string of the molecule is CCCC[C@@H](CN[C@@H](C)C(=O)N[C@H](C(=O)NC)C(C)C)NC(=O)c1cc(C(=O)N[C@H](C)c2ccccc2)cc(N(C)S(C)(=O)=O)c1. The second-order valence-corrected chi connectivity index (χ2v) is 13.9. The zero-order chi connectivity index (χ0) is 34.6. The quantitative estimate of drug-likeness (QED) is 0.174. The molecule has 12 nitrogen and oxygen atoms in total. The monoisotopic (exact) mass is 658 g/mol. The summed E-state index contributed by atoms with van der Waals surface area (Å²) in [7, 11) is -0.821. The first-order valence-corrected chi connectivity index (χ1v) is 17.4. The Morgan fingerprint density at radius 2 is 1.43 bits per heavy atom. The number of hydrogen-bond acceptors (Lipinski definition) is 7. The van der Waals surface area contributed by atoms with Gasteiger partial charge in [0.25, 0.3) is 11.8 Å². The van der Waals surface area contributed by atoms with Crippen molar-refractivity contribution in [3.05, 3.63) is 65.2 Å². The Bertz CT molecular complexity index is 1450. The van der Waals surface area contributed by atoms with Gasteiger partial charge in [-0.3, -0.25) is 23.5 Å². The van der Waals surface area contributed by atoms with Crippen LogP contribution >= 0.6 is 0 Å². The molecular formula is C33H50N6O6S. The summed E-state index contributed by atoms with van der Waals surface area (Å²) < 4.78 is 25.8. The van der Waals surface area contributed by atoms with Gasteiger partial charge in [0, 0.05) is 37.8 Å². The number of likely N-dealkylation sites (N-methyl/N-ethyl adjacent to an activating group) is 1. The molecule has 0 saturated heterocycles. The smallest absolute Gasteiger partial charge is 0.251 e. The maximum absolute atomic E-state index is 13.6. The van der Waals surface area contributed by atoms with Crippen LogP contribution in [-0.4, -0.2) is 77.1 Å². The topological polar surface area (TPSA) is 166 Å². The normalized spacial score (nSPS) is 14.0. The molecule has 4 amide bonds. The summed E-state index contributed by atoms with van der Waals surface area (Å²) in [6.45, 7) is 9.49. The van der Waals surface area contributed by atoms with Gasteiger partial charge in [0.2, 0.25) is 21.8 Å². The lowest BCUT2D eigenvalue weighted by atomic mass is 10.0. The first kappa shape index (κ1) is 38.2. The molecule has 2 aromatic carbocycles. The van der Waals surface area contributed by atoms with E-state index in [1.165, 1.54) is 32.3 Å². The number of benzene rings is 2. The van der Waals surface area contributed by atoms with Crippen molar-refractivity contribution in [1.29, 1.82) is 0 Å². The Morgan fingerprint density at radius 1 is 0.848 bits per heavy atom. The second-order valence-electron chi connectivity index (χ2n) is 11.9. The van der Waals surface area contributed by atoms with Crippen molar-refractivity contribution >= 4 is 39.3 Å². The molecule has 0 bridgehead atoms. The van der Waals surface area contributed by atoms with Gasteiger partial charge in [-0.15, -0.1) is 0 Å². The third-order valence-corrected chi connectivity index (χ3v) is 8.95. The standard InChI is InChI=1S/C33H50N6O6S/c1-9-10-16-27(20-35-23(5)30(40)38-29(21(2)3)33(43)34-6)37-32(42)26-17-25(18-28(19-26)39(7)46(8,44)45)31(41)36-22(4)24-14-12-11-13-15-24/h11-15,17-19,21-23,27,29,35H,9-10,16,20H2,1-8H3,(H,34,43)(H,36,41)(H,37,42)(H,38,40)/t22-,23+,27+,29+/m1/s1. The maximum atomic E-state index is 13.6. The zero-order valence-corrected chi connectivity index (χ0v) is 29.0. The van der Waals surface area contributed by atoms with Crippen molar-refractivity contribution in [2.75, 3.05) is 31.2 Å². The molecule has 0 radical (unpaired) electrons. The highest BCUT2D eigenvalue weighted by molar-refractivity contribution is 7.92. The van der Waals surface area contributed by atoms with Crippen molar-refractivity contribution in [2.24, 2.45) is 5.92 Å². The molecule has 0 saturated carbocycles. The van der Waals surface area contributed by atoms with Gasteiger partial charge in [-0.2, -0.15) is 0 Å². The van der Waals surface area contributed by atoms with Gasteiger partial charge in [0.15, 0.2) is 0 Å². The summed E-state index contributed by atoms with van der Waals surface area (Å²) in [6, 6.07) is 11.6. The molecule has 0 heterocycles. The second kappa shape index (κ2) is 17.7. The van der Waals surface area contributed by atoms with Gasteiger partial charge in [0.1, 0.15) is 6.04 Å². The van der Waals surface area contributed by atoms with E-state index in [9.17, 15) is 27.6 Å². The predicted octanol–water partition coefficient (Wildman–Crippen LogP) is 2.73. The number of sulfonamides is 1. The number of nitrogens with zero attached hydrogens (tertiary/aromatic N) is 1. The molecule has 2 rings (SSSR count). The highest BCUT2D eigenvalue weighted by Crippen LogP contribution is 2.22. The average molecular weight is 659 g/mol. The van der Waals surface area contributed by atoms with E-state index in [0.717, 1.165) is 29.0 Å². The molecule has 4 atom stereocenters. The highest BCUT2D eigenvalue weighted by atomic mass is 32.2. The van der Waals surface area contributed by atoms with Crippen LogP contribution in [0.3, 0.4) is 0 Å². The fourth-order valence-electron chi connectivity index (χ4n) is 4.68. The first-order valence-electron chi connectivity index (χ1n) is 15.6. The minimum absolute atomic E-state index is 0.112. The van der Waals surface area contributed by atoms with E-state index in [0.29, 0.717) is 6.42 Å². The number of anilines is 1. The number of hydrogen-bond donors (Lipinski definition) is 5. The maximum Gasteiger partial charge on any atom is 0.251 e. The van der Waals surface area contributed by atoms with Crippen LogP contribution in [0, 0.1) is 5.92 Å². The third kappa shape index (κ3) is 11.4. The Labute approximate surface area is 273 Å². The molecule has 46 heavy (non-hydrogen) atoms. The third-order valence-electron chi connectivity index (χ3n) is 7.75. The van der Waals surface area contributed by atoms with Crippen LogP contribution in [0.2, 0.25) is 0 Å². The van der Waals surface area contributed by atoms with Crippen LogP contribution in [-0.2, 0) is 19.6 Å². The minimum Gasteiger partial charge on any atom is -0.357 e. The Morgan fingerprint density at radius 3 is 1.96 bits per heavy atom. The first-order chi connectivity index (χ1) is 21.6. The molecule has 2 aromatic rings. The van der Waals surface area contributed by atoms with E-state index in [-0.39, 0.29) is 53.2 Å². The van der Waals surface area contributed by atoms with E-state index in [1.807, 2.05) is 58.0 Å². The number of nitrogens with one attached hydrogen (secondary N) is 5. The molecule has 0 aliphatic rings. The largest absolute Gasteiger partial charge is 0.357 e. The number of carbonyl (C=O) groups is 4. The van der Waals surface area contributed by atoms with Gasteiger partial charge in [0.05, 0.1) is 24.0 Å². The summed E-state index contributed by atoms with van der Waals surface area (Å²) in [6.07, 6.45) is 3.34. The summed E-state index contributed by atoms with van der Waals surface area (Å²) in [5, 5.41) is 14.4. The Hall–Kier alpha value is -3.97. The van der Waals surface area contributed by atoms with Crippen molar-refractivity contribution in [3.8, 4) is 0 Å². The zero-order valence-electron chi connectivity index (χ0n) is 28.1. The molecule has 5 N–H and O–H groups in total. The number of carbonyl (C=O) groups excluding carboxylic acids is 4. The molecule has 13 heteroatoms. The van der Waals surface area contributed by atoms with E-state index >= 15 is 0 Å². The van der Waals surface area contributed by atoms with Crippen LogP contribution < -0.4 is 30.9 Å². The average Bonchev–Trinajstić information content (AvgIpc) is 3.03. The van der Waals surface area contributed by atoms with Gasteiger partial charge < -0.3 is 26.6 Å². The molecule has 0 aliphatic carbocycles. The summed E-state index contributed by atoms with van der Waals surface area (Å²) in [4.78, 5) is 52.0. The van der Waals surface area contributed by atoms with Crippen LogP contribution in [0.25, 0.3) is 0 Å². The fraction of sp³-hybridized carbons (Fsp3) is 0.515. The molecule has 0 unspecified atom stereocenters. The van der Waals surface area contributed by atoms with E-state index in [4.69, 9.17) is 0 Å². The molecule has 0 aromatic heterocycles. The fourth-order valence-corrected chi connectivity index (χ4v) is 5.17. The summed E-state index contributed by atoms with van der Waals surface area (Å²) in [5.74, 6) is -1.70. The number of rotatable bonds is 17. The van der Waals surface area contributed by atoms with Gasteiger partial charge in [-0.05, 0) is 49.9 Å². The van der Waals surface area contributed by atoms with Crippen molar-refractivity contribution in [1.82, 2.24) is 26.6 Å². The van der Waals surface area contributed by atoms with Crippen LogP contribution in [0.5, 0.6) is 0 Å². The molecule has 0 aliphatic heterocycles. The van der Waals surface area contributed by atoms with E-state index in [2.05, 4.69) is 26.6 Å².